The molecule has 0 aliphatic carbocycles. The van der Waals surface area contributed by atoms with Crippen molar-refractivity contribution in [3.05, 3.63) is 0 Å². The van der Waals surface area contributed by atoms with Crippen LogP contribution in [0.2, 0.25) is 0 Å². The molecule has 0 atom stereocenters. The van der Waals surface area contributed by atoms with Crippen molar-refractivity contribution in [2.24, 2.45) is 0 Å². The highest BCUT2D eigenvalue weighted by atomic mass is 32.2. The first-order valence-electron chi connectivity index (χ1n) is 6.56. The molecule has 21 heavy (non-hydrogen) atoms. The second kappa shape index (κ2) is 5.40. The smallest absolute Gasteiger partial charge is 0.238 e. The summed E-state index contributed by atoms with van der Waals surface area (Å²) in [5.41, 5.74) is 28.7. The lowest BCUT2D eigenvalue weighted by atomic mass is 10.1. The summed E-state index contributed by atoms with van der Waals surface area (Å²) in [5.74, 6) is 0. The van der Waals surface area contributed by atoms with Crippen molar-refractivity contribution in [3.8, 4) is 0 Å². The largest absolute Gasteiger partial charge is 0.395 e. The lowest BCUT2D eigenvalue weighted by Gasteiger charge is -2.28. The van der Waals surface area contributed by atoms with E-state index in [1.807, 2.05) is 0 Å². The minimum Gasteiger partial charge on any atom is -0.395 e. The topological polar surface area (TPSA) is 176 Å². The Morgan fingerprint density at radius 3 is 1.52 bits per heavy atom. The molecule has 0 unspecified atom stereocenters. The number of hydrogen-bond acceptors (Lipinski definition) is 7. The highest BCUT2D eigenvalue weighted by Gasteiger charge is 2.37. The molecule has 0 bridgehead atoms. The molecule has 11 N–H and O–H groups in total. The standard InChI is InChI=1S/C12H24N6O2S/c1-4-12(3,5-2)21(19,20)18-11-9(16)7(14)6(13)8(15)10(11)17/h18H,4-5,13-17H2,1-3H3. The van der Waals surface area contributed by atoms with Crippen LogP contribution in [0.3, 0.4) is 0 Å². The van der Waals surface area contributed by atoms with Crippen molar-refractivity contribution in [3.63, 3.8) is 0 Å². The van der Waals surface area contributed by atoms with Gasteiger partial charge in [-0.1, -0.05) is 13.8 Å². The van der Waals surface area contributed by atoms with Gasteiger partial charge in [-0.25, -0.2) is 8.42 Å². The van der Waals surface area contributed by atoms with Crippen molar-refractivity contribution in [1.29, 1.82) is 0 Å². The van der Waals surface area contributed by atoms with Crippen LogP contribution < -0.4 is 33.4 Å². The van der Waals surface area contributed by atoms with Gasteiger partial charge in [0.15, 0.2) is 0 Å². The van der Waals surface area contributed by atoms with E-state index in [1.54, 1.807) is 20.8 Å². The molecule has 0 aliphatic heterocycles. The van der Waals surface area contributed by atoms with Gasteiger partial charge in [0, 0.05) is 0 Å². The van der Waals surface area contributed by atoms with Gasteiger partial charge < -0.3 is 28.7 Å². The third-order valence-corrected chi connectivity index (χ3v) is 6.43. The van der Waals surface area contributed by atoms with Gasteiger partial charge in [-0.2, -0.15) is 0 Å². The van der Waals surface area contributed by atoms with Crippen molar-refractivity contribution in [2.45, 2.75) is 38.4 Å². The third kappa shape index (κ3) is 2.60. The molecule has 0 radical (unpaired) electrons. The molecular formula is C12H24N6O2S. The quantitative estimate of drug-likeness (QED) is 0.437. The molecule has 1 rings (SSSR count). The maximum absolute atomic E-state index is 12.6. The van der Waals surface area contributed by atoms with Gasteiger partial charge in [0.1, 0.15) is 0 Å². The maximum Gasteiger partial charge on any atom is 0.238 e. The van der Waals surface area contributed by atoms with Crippen LogP contribution in [0.5, 0.6) is 0 Å². The fraction of sp³-hybridized carbons (Fsp3) is 0.500. The predicted octanol–water partition coefficient (Wildman–Crippen LogP) is 0.918. The molecule has 0 saturated carbocycles. The van der Waals surface area contributed by atoms with E-state index in [1.165, 1.54) is 0 Å². The fourth-order valence-electron chi connectivity index (χ4n) is 1.85. The number of hydrogen-bond donors (Lipinski definition) is 6. The minimum atomic E-state index is -3.73. The fourth-order valence-corrected chi connectivity index (χ4v) is 3.34. The molecule has 0 amide bonds. The molecule has 0 spiro atoms. The highest BCUT2D eigenvalue weighted by molar-refractivity contribution is 7.94. The minimum absolute atomic E-state index is 0.00843. The van der Waals surface area contributed by atoms with E-state index < -0.39 is 14.8 Å². The molecule has 0 heterocycles. The molecule has 0 saturated heterocycles. The summed E-state index contributed by atoms with van der Waals surface area (Å²) in [6.45, 7) is 5.23. The first-order valence-corrected chi connectivity index (χ1v) is 8.04. The molecule has 0 aliphatic rings. The molecule has 1 aromatic rings. The Bertz CT molecular complexity index is 623. The Kier molecular flexibility index (Phi) is 4.37. The van der Waals surface area contributed by atoms with E-state index in [0.717, 1.165) is 0 Å². The van der Waals surface area contributed by atoms with Gasteiger partial charge in [0.25, 0.3) is 0 Å². The van der Waals surface area contributed by atoms with Crippen LogP contribution in [0.4, 0.5) is 34.1 Å². The summed E-state index contributed by atoms with van der Waals surface area (Å²) in [5, 5.41) is 0. The van der Waals surface area contributed by atoms with E-state index in [4.69, 9.17) is 28.7 Å². The lowest BCUT2D eigenvalue weighted by molar-refractivity contribution is 0.511. The zero-order valence-electron chi connectivity index (χ0n) is 12.5. The monoisotopic (exact) mass is 316 g/mol. The van der Waals surface area contributed by atoms with E-state index in [0.29, 0.717) is 12.8 Å². The number of sulfonamides is 1. The van der Waals surface area contributed by atoms with Gasteiger partial charge in [-0.3, -0.25) is 4.72 Å². The average Bonchev–Trinajstić information content (AvgIpc) is 2.46. The highest BCUT2D eigenvalue weighted by Crippen LogP contribution is 2.43. The number of nitrogens with two attached hydrogens (primary N) is 5. The van der Waals surface area contributed by atoms with Crippen molar-refractivity contribution in [2.75, 3.05) is 33.4 Å². The predicted molar refractivity (Wildman–Crippen MR) is 90.0 cm³/mol. The maximum atomic E-state index is 12.6. The van der Waals surface area contributed by atoms with Crippen LogP contribution in [0.15, 0.2) is 0 Å². The zero-order chi connectivity index (χ0) is 16.6. The average molecular weight is 316 g/mol. The van der Waals surface area contributed by atoms with E-state index in [-0.39, 0.29) is 34.1 Å². The van der Waals surface area contributed by atoms with Crippen molar-refractivity contribution >= 4 is 44.1 Å². The van der Waals surface area contributed by atoms with Crippen LogP contribution in [0.25, 0.3) is 0 Å². The second-order valence-electron chi connectivity index (χ2n) is 5.21. The van der Waals surface area contributed by atoms with Gasteiger partial charge in [-0.05, 0) is 19.8 Å². The summed E-state index contributed by atoms with van der Waals surface area (Å²) in [6.07, 6.45) is 0.858. The van der Waals surface area contributed by atoms with Crippen molar-refractivity contribution in [1.82, 2.24) is 0 Å². The number of benzene rings is 1. The van der Waals surface area contributed by atoms with Gasteiger partial charge in [0.05, 0.1) is 38.9 Å². The zero-order valence-corrected chi connectivity index (χ0v) is 13.3. The first kappa shape index (κ1) is 17.0. The summed E-state index contributed by atoms with van der Waals surface area (Å²) >= 11 is 0. The summed E-state index contributed by atoms with van der Waals surface area (Å²) in [4.78, 5) is 0. The lowest BCUT2D eigenvalue weighted by Crippen LogP contribution is -2.39. The van der Waals surface area contributed by atoms with Crippen LogP contribution >= 0.6 is 0 Å². The first-order chi connectivity index (χ1) is 9.52. The molecule has 0 aromatic heterocycles. The summed E-state index contributed by atoms with van der Waals surface area (Å²) in [7, 11) is -3.73. The number of nitrogen functional groups attached to an aromatic ring is 5. The Morgan fingerprint density at radius 2 is 1.19 bits per heavy atom. The van der Waals surface area contributed by atoms with Gasteiger partial charge in [-0.15, -0.1) is 0 Å². The Hall–Kier alpha value is -2.03. The Morgan fingerprint density at radius 1 is 0.857 bits per heavy atom. The van der Waals surface area contributed by atoms with Crippen molar-refractivity contribution < 1.29 is 8.42 Å². The van der Waals surface area contributed by atoms with Gasteiger partial charge >= 0.3 is 0 Å². The van der Waals surface area contributed by atoms with E-state index in [2.05, 4.69) is 4.72 Å². The molecule has 9 heteroatoms. The molecule has 1 aromatic carbocycles. The summed E-state index contributed by atoms with van der Waals surface area (Å²) < 4.78 is 26.6. The number of anilines is 6. The normalized spacial score (nSPS) is 12.3. The van der Waals surface area contributed by atoms with Gasteiger partial charge in [0.2, 0.25) is 10.0 Å². The molecule has 0 fully saturated rings. The summed E-state index contributed by atoms with van der Waals surface area (Å²) in [6, 6.07) is 0. The van der Waals surface area contributed by atoms with Crippen LogP contribution in [-0.2, 0) is 10.0 Å². The second-order valence-corrected chi connectivity index (χ2v) is 7.40. The Balaban J connectivity index is 3.46. The Labute approximate surface area is 125 Å². The molecule has 8 nitrogen and oxygen atoms in total. The third-order valence-electron chi connectivity index (χ3n) is 4.08. The van der Waals surface area contributed by atoms with E-state index in [9.17, 15) is 8.42 Å². The number of nitrogens with one attached hydrogen (secondary N) is 1. The SMILES string of the molecule is CCC(C)(CC)S(=O)(=O)Nc1c(N)c(N)c(N)c(N)c1N. The number of rotatable bonds is 5. The molecule has 120 valence electrons. The molecular weight excluding hydrogens is 292 g/mol. The van der Waals surface area contributed by atoms with Crippen LogP contribution in [0, 0.1) is 0 Å². The van der Waals surface area contributed by atoms with Crippen LogP contribution in [0.1, 0.15) is 33.6 Å². The van der Waals surface area contributed by atoms with E-state index >= 15 is 0 Å². The van der Waals surface area contributed by atoms with Crippen LogP contribution in [-0.4, -0.2) is 13.2 Å².